The minimum atomic E-state index is -0.0344. The van der Waals surface area contributed by atoms with Gasteiger partial charge in [-0.3, -0.25) is 9.48 Å². The van der Waals surface area contributed by atoms with Crippen molar-refractivity contribution in [2.45, 2.75) is 19.1 Å². The lowest BCUT2D eigenvalue weighted by atomic mass is 10.2. The Bertz CT molecular complexity index is 595. The number of anilines is 1. The van der Waals surface area contributed by atoms with E-state index in [1.165, 1.54) is 0 Å². The second-order valence-electron chi connectivity index (χ2n) is 5.35. The maximum Gasteiger partial charge on any atom is 0.227 e. The number of morpholine rings is 1. The summed E-state index contributed by atoms with van der Waals surface area (Å²) in [4.78, 5) is 12.0. The molecule has 2 aromatic rings. The van der Waals surface area contributed by atoms with Gasteiger partial charge in [0.1, 0.15) is 0 Å². The number of ether oxygens (including phenoxy) is 1. The summed E-state index contributed by atoms with van der Waals surface area (Å²) >= 11 is 0. The van der Waals surface area contributed by atoms with Crippen molar-refractivity contribution in [1.82, 2.24) is 15.1 Å². The third-order valence-electron chi connectivity index (χ3n) is 3.56. The Morgan fingerprint density at radius 1 is 1.39 bits per heavy atom. The molecule has 0 spiro atoms. The highest BCUT2D eigenvalue weighted by molar-refractivity contribution is 5.91. The van der Waals surface area contributed by atoms with Crippen LogP contribution in [0.15, 0.2) is 42.7 Å². The fourth-order valence-electron chi connectivity index (χ4n) is 2.44. The first-order valence-electron chi connectivity index (χ1n) is 7.48. The Kier molecular flexibility index (Phi) is 6.58. The van der Waals surface area contributed by atoms with Gasteiger partial charge in [-0.05, 0) is 23.8 Å². The van der Waals surface area contributed by atoms with E-state index >= 15 is 0 Å². The summed E-state index contributed by atoms with van der Waals surface area (Å²) in [5.41, 5.74) is 1.94. The zero-order valence-corrected chi connectivity index (χ0v) is 13.6. The number of carbonyl (C=O) groups excluding carboxylic acids is 1. The Morgan fingerprint density at radius 3 is 2.87 bits per heavy atom. The highest BCUT2D eigenvalue weighted by Crippen LogP contribution is 2.12. The van der Waals surface area contributed by atoms with E-state index in [0.29, 0.717) is 13.0 Å². The van der Waals surface area contributed by atoms with E-state index in [2.05, 4.69) is 15.7 Å². The lowest BCUT2D eigenvalue weighted by molar-refractivity contribution is -0.119. The summed E-state index contributed by atoms with van der Waals surface area (Å²) in [5.74, 6) is -0.0199. The van der Waals surface area contributed by atoms with E-state index in [1.54, 1.807) is 6.20 Å². The van der Waals surface area contributed by atoms with Gasteiger partial charge in [0.15, 0.2) is 0 Å². The summed E-state index contributed by atoms with van der Waals surface area (Å²) < 4.78 is 7.39. The van der Waals surface area contributed by atoms with Gasteiger partial charge in [0.05, 0.1) is 25.7 Å². The molecular weight excluding hydrogens is 316 g/mol. The van der Waals surface area contributed by atoms with Gasteiger partial charge in [0.25, 0.3) is 0 Å². The average Bonchev–Trinajstić information content (AvgIpc) is 3.03. The number of hydrogen-bond acceptors (Lipinski definition) is 4. The van der Waals surface area contributed by atoms with Gasteiger partial charge < -0.3 is 15.4 Å². The van der Waals surface area contributed by atoms with Crippen LogP contribution in [0, 0.1) is 0 Å². The van der Waals surface area contributed by atoms with Crippen molar-refractivity contribution in [2.75, 3.05) is 25.0 Å². The van der Waals surface area contributed by atoms with Crippen LogP contribution >= 0.6 is 12.4 Å². The Balaban J connectivity index is 0.00000192. The van der Waals surface area contributed by atoms with Crippen LogP contribution < -0.4 is 10.6 Å². The van der Waals surface area contributed by atoms with Gasteiger partial charge in [0, 0.05) is 31.2 Å². The van der Waals surface area contributed by atoms with E-state index < -0.39 is 0 Å². The Morgan fingerprint density at radius 2 is 2.22 bits per heavy atom. The average molecular weight is 337 g/mol. The van der Waals surface area contributed by atoms with Crippen LogP contribution in [0.3, 0.4) is 0 Å². The molecular formula is C16H21ClN4O2. The quantitative estimate of drug-likeness (QED) is 0.871. The van der Waals surface area contributed by atoms with Gasteiger partial charge in [-0.1, -0.05) is 12.1 Å². The zero-order chi connectivity index (χ0) is 15.2. The zero-order valence-electron chi connectivity index (χ0n) is 12.8. The van der Waals surface area contributed by atoms with Crippen molar-refractivity contribution in [2.24, 2.45) is 0 Å². The van der Waals surface area contributed by atoms with Gasteiger partial charge in [-0.2, -0.15) is 5.10 Å². The second-order valence-corrected chi connectivity index (χ2v) is 5.35. The topological polar surface area (TPSA) is 68.2 Å². The van der Waals surface area contributed by atoms with Crippen molar-refractivity contribution >= 4 is 24.0 Å². The first-order chi connectivity index (χ1) is 10.8. The maximum absolute atomic E-state index is 12.0. The van der Waals surface area contributed by atoms with Gasteiger partial charge in [0.2, 0.25) is 5.91 Å². The highest BCUT2D eigenvalue weighted by atomic mass is 35.5. The minimum Gasteiger partial charge on any atom is -0.375 e. The molecule has 2 heterocycles. The van der Waals surface area contributed by atoms with Crippen LogP contribution in [0.4, 0.5) is 5.69 Å². The molecule has 0 saturated carbocycles. The first kappa shape index (κ1) is 17.5. The molecule has 3 rings (SSSR count). The predicted octanol–water partition coefficient (Wildman–Crippen LogP) is 1.67. The van der Waals surface area contributed by atoms with E-state index in [-0.39, 0.29) is 24.4 Å². The molecule has 1 saturated heterocycles. The normalized spacial score (nSPS) is 17.3. The van der Waals surface area contributed by atoms with E-state index in [1.807, 2.05) is 41.2 Å². The molecule has 6 nitrogen and oxygen atoms in total. The van der Waals surface area contributed by atoms with Crippen LogP contribution in [0.2, 0.25) is 0 Å². The van der Waals surface area contributed by atoms with E-state index in [4.69, 9.17) is 4.74 Å². The number of benzene rings is 1. The molecule has 124 valence electrons. The maximum atomic E-state index is 12.0. The van der Waals surface area contributed by atoms with Gasteiger partial charge in [-0.15, -0.1) is 12.4 Å². The molecule has 1 aromatic heterocycles. The van der Waals surface area contributed by atoms with Crippen LogP contribution in [0.25, 0.3) is 0 Å². The number of halogens is 1. The van der Waals surface area contributed by atoms with E-state index in [9.17, 15) is 4.79 Å². The van der Waals surface area contributed by atoms with Crippen molar-refractivity contribution < 1.29 is 9.53 Å². The molecule has 1 atom stereocenters. The van der Waals surface area contributed by atoms with Crippen molar-refractivity contribution in [3.8, 4) is 0 Å². The number of nitrogens with one attached hydrogen (secondary N) is 2. The number of aromatic nitrogens is 2. The third kappa shape index (κ3) is 5.35. The molecule has 1 amide bonds. The van der Waals surface area contributed by atoms with Gasteiger partial charge in [-0.25, -0.2) is 0 Å². The summed E-state index contributed by atoms with van der Waals surface area (Å²) in [5, 5.41) is 10.3. The Labute approximate surface area is 141 Å². The molecule has 0 bridgehead atoms. The predicted molar refractivity (Wildman–Crippen MR) is 90.9 cm³/mol. The largest absolute Gasteiger partial charge is 0.375 e. The molecule has 1 aromatic carbocycles. The number of carbonyl (C=O) groups is 1. The molecule has 1 aliphatic rings. The van der Waals surface area contributed by atoms with Crippen LogP contribution in [-0.2, 0) is 16.1 Å². The molecule has 1 fully saturated rings. The molecule has 1 aliphatic heterocycles. The fourth-order valence-corrected chi connectivity index (χ4v) is 2.44. The van der Waals surface area contributed by atoms with Crippen molar-refractivity contribution in [1.29, 1.82) is 0 Å². The summed E-state index contributed by atoms with van der Waals surface area (Å²) in [7, 11) is 0. The summed E-state index contributed by atoms with van der Waals surface area (Å²) in [6, 6.07) is 9.72. The van der Waals surface area contributed by atoms with E-state index in [0.717, 1.165) is 30.9 Å². The summed E-state index contributed by atoms with van der Waals surface area (Å²) in [6.07, 6.45) is 4.03. The molecule has 7 heteroatoms. The molecule has 2 N–H and O–H groups in total. The SMILES string of the molecule is Cl.O=C(CC1CNCCO1)Nc1ccc(Cn2cccn2)cc1. The first-order valence-corrected chi connectivity index (χ1v) is 7.48. The van der Waals surface area contributed by atoms with Crippen molar-refractivity contribution in [3.05, 3.63) is 48.3 Å². The summed E-state index contributed by atoms with van der Waals surface area (Å²) in [6.45, 7) is 2.98. The van der Waals surface area contributed by atoms with Gasteiger partial charge >= 0.3 is 0 Å². The fraction of sp³-hybridized carbons (Fsp3) is 0.375. The Hall–Kier alpha value is -1.89. The molecule has 23 heavy (non-hydrogen) atoms. The molecule has 0 aliphatic carbocycles. The second kappa shape index (κ2) is 8.67. The minimum absolute atomic E-state index is 0. The van der Waals surface area contributed by atoms with Crippen molar-refractivity contribution in [3.63, 3.8) is 0 Å². The highest BCUT2D eigenvalue weighted by Gasteiger charge is 2.17. The molecule has 0 radical (unpaired) electrons. The third-order valence-corrected chi connectivity index (χ3v) is 3.56. The van der Waals surface area contributed by atoms with Crippen LogP contribution in [0.1, 0.15) is 12.0 Å². The number of rotatable bonds is 5. The smallest absolute Gasteiger partial charge is 0.227 e. The molecule has 1 unspecified atom stereocenters. The number of nitrogens with zero attached hydrogens (tertiary/aromatic N) is 2. The lowest BCUT2D eigenvalue weighted by Gasteiger charge is -2.23. The van der Waals surface area contributed by atoms with Crippen LogP contribution in [0.5, 0.6) is 0 Å². The lowest BCUT2D eigenvalue weighted by Crippen LogP contribution is -2.40. The number of hydrogen-bond donors (Lipinski definition) is 2. The standard InChI is InChI=1S/C16H20N4O2.ClH/c21-16(10-15-11-17-7-9-22-15)19-14-4-2-13(3-5-14)12-20-8-1-6-18-20;/h1-6,8,15,17H,7,9-12H2,(H,19,21);1H. The monoisotopic (exact) mass is 336 g/mol. The van der Waals surface area contributed by atoms with Crippen LogP contribution in [-0.4, -0.2) is 41.5 Å². The number of amides is 1.